The van der Waals surface area contributed by atoms with Gasteiger partial charge in [-0.25, -0.2) is 5.11 Å². The van der Waals surface area contributed by atoms with E-state index in [1.54, 1.807) is 0 Å². The highest BCUT2D eigenvalue weighted by atomic mass is 16.3. The van der Waals surface area contributed by atoms with Crippen molar-refractivity contribution in [3.05, 3.63) is 17.9 Å². The fourth-order valence-corrected chi connectivity index (χ4v) is 0.800. The van der Waals surface area contributed by atoms with E-state index in [0.717, 1.165) is 18.4 Å². The van der Waals surface area contributed by atoms with Gasteiger partial charge in [-0.05, 0) is 18.4 Å². The monoisotopic (exact) mass is 139 g/mol. The number of hydrogen-bond donors (Lipinski definition) is 0. The molecule has 0 atom stereocenters. The summed E-state index contributed by atoms with van der Waals surface area (Å²) in [5.74, 6) is 0. The quantitative estimate of drug-likeness (QED) is 0.412. The fraction of sp³-hybridized carbons (Fsp3) is 0.667. The van der Waals surface area contributed by atoms with Gasteiger partial charge in [0, 0.05) is 0 Å². The van der Waals surface area contributed by atoms with Crippen molar-refractivity contribution < 1.29 is 5.11 Å². The van der Waals surface area contributed by atoms with Crippen LogP contribution in [0.5, 0.6) is 0 Å². The maximum absolute atomic E-state index is 10.3. The van der Waals surface area contributed by atoms with Crippen molar-refractivity contribution >= 4 is 0 Å². The second kappa shape index (κ2) is 6.60. The predicted molar refractivity (Wildman–Crippen MR) is 42.3 cm³/mol. The molecule has 0 aliphatic rings. The van der Waals surface area contributed by atoms with Crippen LogP contribution >= 0.6 is 0 Å². The second-order valence-corrected chi connectivity index (χ2v) is 2.38. The Kier molecular flexibility index (Phi) is 6.25. The van der Waals surface area contributed by atoms with Gasteiger partial charge in [0.15, 0.2) is 0 Å². The minimum absolute atomic E-state index is 0.132. The lowest BCUT2D eigenvalue weighted by molar-refractivity contribution is 0.220. The Morgan fingerprint density at radius 3 is 2.60 bits per heavy atom. The summed E-state index contributed by atoms with van der Waals surface area (Å²) in [6.45, 7) is 5.46. The van der Waals surface area contributed by atoms with Gasteiger partial charge in [0.05, 0.1) is 0 Å². The van der Waals surface area contributed by atoms with E-state index in [-0.39, 0.29) is 6.61 Å². The smallest absolute Gasteiger partial charge is 0.111 e. The van der Waals surface area contributed by atoms with E-state index in [1.807, 2.05) is 0 Å². The molecule has 0 aromatic rings. The molecule has 0 fully saturated rings. The lowest BCUT2D eigenvalue weighted by Crippen LogP contribution is -1.86. The molecule has 57 valence electrons. The Labute approximate surface area is 63.1 Å². The summed E-state index contributed by atoms with van der Waals surface area (Å²) >= 11 is 0. The average Bonchev–Trinajstić information content (AvgIpc) is 1.99. The van der Waals surface area contributed by atoms with E-state index < -0.39 is 0 Å². The van der Waals surface area contributed by atoms with Crippen LogP contribution in [0.4, 0.5) is 0 Å². The third-order valence-electron chi connectivity index (χ3n) is 1.51. The topological polar surface area (TPSA) is 19.9 Å². The summed E-state index contributed by atoms with van der Waals surface area (Å²) in [6.07, 6.45) is 4.39. The highest BCUT2D eigenvalue weighted by molar-refractivity contribution is 4.98. The molecule has 0 amide bonds. The molecule has 1 radical (unpaired) electrons. The molecule has 0 saturated carbocycles. The zero-order valence-electron chi connectivity index (χ0n) is 6.65. The third kappa shape index (κ3) is 4.37. The van der Waals surface area contributed by atoms with Crippen molar-refractivity contribution in [3.63, 3.8) is 0 Å². The van der Waals surface area contributed by atoms with Crippen molar-refractivity contribution in [2.75, 3.05) is 6.61 Å². The summed E-state index contributed by atoms with van der Waals surface area (Å²) in [6, 6.07) is 0. The molecule has 0 heterocycles. The molecule has 0 aromatic heterocycles. The van der Waals surface area contributed by atoms with E-state index in [1.165, 1.54) is 12.8 Å². The average molecular weight is 139 g/mol. The molecule has 0 N–H and O–H groups in total. The predicted octanol–water partition coefficient (Wildman–Crippen LogP) is 2.71. The first-order valence-corrected chi connectivity index (χ1v) is 3.81. The zero-order valence-corrected chi connectivity index (χ0v) is 6.65. The van der Waals surface area contributed by atoms with Crippen molar-refractivity contribution in [2.45, 2.75) is 32.6 Å². The molecule has 0 aromatic carbocycles. The molecular weight excluding hydrogens is 124 g/mol. The van der Waals surface area contributed by atoms with Crippen LogP contribution in [-0.2, 0) is 5.11 Å². The van der Waals surface area contributed by atoms with Crippen LogP contribution in [-0.4, -0.2) is 6.61 Å². The molecule has 1 heteroatoms. The van der Waals surface area contributed by atoms with Gasteiger partial charge < -0.3 is 0 Å². The highest BCUT2D eigenvalue weighted by Crippen LogP contribution is 2.06. The lowest BCUT2D eigenvalue weighted by atomic mass is 10.1. The molecule has 1 nitrogen and oxygen atoms in total. The van der Waals surface area contributed by atoms with E-state index in [2.05, 4.69) is 19.2 Å². The molecular formula is C9H15O. The number of hydrogen-bond acceptors (Lipinski definition) is 0. The van der Waals surface area contributed by atoms with E-state index in [4.69, 9.17) is 0 Å². The third-order valence-corrected chi connectivity index (χ3v) is 1.51. The minimum Gasteiger partial charge on any atom is -0.231 e. The van der Waals surface area contributed by atoms with Gasteiger partial charge in [-0.3, -0.25) is 0 Å². The van der Waals surface area contributed by atoms with Gasteiger partial charge >= 0.3 is 0 Å². The summed E-state index contributed by atoms with van der Waals surface area (Å²) in [5.41, 5.74) is 3.49. The Hall–Kier alpha value is -0.520. The maximum atomic E-state index is 10.3. The minimum atomic E-state index is -0.132. The fourth-order valence-electron chi connectivity index (χ4n) is 0.800. The van der Waals surface area contributed by atoms with Gasteiger partial charge in [-0.2, -0.15) is 0 Å². The van der Waals surface area contributed by atoms with E-state index in [9.17, 15) is 5.11 Å². The van der Waals surface area contributed by atoms with Crippen LogP contribution in [0.15, 0.2) is 17.9 Å². The second-order valence-electron chi connectivity index (χ2n) is 2.38. The lowest BCUT2D eigenvalue weighted by Gasteiger charge is -1.97. The standard InChI is InChI=1S/C9H15O/c1-3-5-6-7-9(4-2)8-10/h2-3,5-8H2,1H3. The number of unbranched alkanes of at least 4 members (excludes halogenated alkanes) is 2. The summed E-state index contributed by atoms with van der Waals surface area (Å²) in [7, 11) is 0. The number of rotatable bonds is 5. The Morgan fingerprint density at radius 1 is 1.50 bits per heavy atom. The first-order valence-electron chi connectivity index (χ1n) is 3.81. The maximum Gasteiger partial charge on any atom is 0.111 e. The Morgan fingerprint density at radius 2 is 2.20 bits per heavy atom. The van der Waals surface area contributed by atoms with Gasteiger partial charge in [0.1, 0.15) is 6.61 Å². The summed E-state index contributed by atoms with van der Waals surface area (Å²) in [4.78, 5) is 0. The first-order chi connectivity index (χ1) is 4.85. The highest BCUT2D eigenvalue weighted by Gasteiger charge is 1.93. The van der Waals surface area contributed by atoms with Crippen LogP contribution in [0, 0.1) is 0 Å². The van der Waals surface area contributed by atoms with Crippen molar-refractivity contribution in [2.24, 2.45) is 0 Å². The zero-order chi connectivity index (χ0) is 7.82. The van der Waals surface area contributed by atoms with Gasteiger partial charge in [0.25, 0.3) is 0 Å². The van der Waals surface area contributed by atoms with E-state index in [0.29, 0.717) is 0 Å². The largest absolute Gasteiger partial charge is 0.231 e. The van der Waals surface area contributed by atoms with Crippen LogP contribution in [0.3, 0.4) is 0 Å². The van der Waals surface area contributed by atoms with Crippen LogP contribution in [0.25, 0.3) is 0 Å². The van der Waals surface area contributed by atoms with Gasteiger partial charge in [-0.1, -0.05) is 26.3 Å². The van der Waals surface area contributed by atoms with Gasteiger partial charge in [-0.15, -0.1) is 5.73 Å². The Balaban J connectivity index is 3.37. The SMILES string of the molecule is C=C=C(C[O])CCCCC. The van der Waals surface area contributed by atoms with Crippen LogP contribution in [0.2, 0.25) is 0 Å². The van der Waals surface area contributed by atoms with Crippen molar-refractivity contribution in [1.82, 2.24) is 0 Å². The first kappa shape index (κ1) is 9.48. The molecule has 0 bridgehead atoms. The van der Waals surface area contributed by atoms with Crippen molar-refractivity contribution in [1.29, 1.82) is 0 Å². The van der Waals surface area contributed by atoms with E-state index >= 15 is 0 Å². The van der Waals surface area contributed by atoms with Crippen molar-refractivity contribution in [3.8, 4) is 0 Å². The molecule has 0 unspecified atom stereocenters. The molecule has 0 aliphatic carbocycles. The molecule has 0 spiro atoms. The molecule has 0 aliphatic heterocycles. The summed E-state index contributed by atoms with van der Waals surface area (Å²) in [5, 5.41) is 10.3. The molecule has 0 rings (SSSR count). The molecule has 10 heavy (non-hydrogen) atoms. The molecule has 0 saturated heterocycles. The normalized spacial score (nSPS) is 9.00. The Bertz CT molecular complexity index is 121. The van der Waals surface area contributed by atoms with Gasteiger partial charge in [0.2, 0.25) is 0 Å². The summed E-state index contributed by atoms with van der Waals surface area (Å²) < 4.78 is 0. The van der Waals surface area contributed by atoms with Crippen LogP contribution in [0.1, 0.15) is 32.6 Å². The van der Waals surface area contributed by atoms with Crippen LogP contribution < -0.4 is 0 Å².